The fourth-order valence-corrected chi connectivity index (χ4v) is 2.06. The van der Waals surface area contributed by atoms with E-state index in [2.05, 4.69) is 57.8 Å². The number of nitrogens with zero attached hydrogens (tertiary/aromatic N) is 1. The van der Waals surface area contributed by atoms with Crippen LogP contribution < -0.4 is 0 Å². The van der Waals surface area contributed by atoms with Crippen molar-refractivity contribution in [2.45, 2.75) is 12.8 Å². The van der Waals surface area contributed by atoms with Gasteiger partial charge in [0.1, 0.15) is 0 Å². The van der Waals surface area contributed by atoms with E-state index in [0.29, 0.717) is 0 Å². The van der Waals surface area contributed by atoms with Crippen LogP contribution in [0.1, 0.15) is 11.1 Å². The number of para-hydroxylation sites is 2. The minimum absolute atomic E-state index is 1.09. The first-order valence-corrected chi connectivity index (χ1v) is 7.65. The predicted octanol–water partition coefficient (Wildman–Crippen LogP) is 4.81. The Labute approximate surface area is 117 Å². The van der Waals surface area contributed by atoms with Gasteiger partial charge in [-0.2, -0.15) is 0 Å². The van der Waals surface area contributed by atoms with Crippen LogP contribution in [0.2, 0.25) is 0 Å². The molecule has 0 atom stereocenters. The molecule has 2 aromatic carbocycles. The van der Waals surface area contributed by atoms with Crippen LogP contribution in [0.3, 0.4) is 0 Å². The molecule has 1 nitrogen and oxygen atoms in total. The normalized spacial score (nSPS) is 12.0. The molecule has 0 bridgehead atoms. The van der Waals surface area contributed by atoms with Gasteiger partial charge in [-0.15, -0.1) is 11.4 Å². The Kier molecular flexibility index (Phi) is 4.67. The third-order valence-corrected chi connectivity index (χ3v) is 2.89. The van der Waals surface area contributed by atoms with Gasteiger partial charge in [0.2, 0.25) is 0 Å². The maximum atomic E-state index is 4.70. The van der Waals surface area contributed by atoms with Gasteiger partial charge >= 0.3 is 28.7 Å². The van der Waals surface area contributed by atoms with Crippen LogP contribution in [0.4, 0.5) is 11.4 Å². The fourth-order valence-electron chi connectivity index (χ4n) is 2.06. The molecule has 0 amide bonds. The second kappa shape index (κ2) is 6.25. The van der Waals surface area contributed by atoms with Crippen molar-refractivity contribution in [3.8, 4) is 0 Å². The third-order valence-electron chi connectivity index (χ3n) is 2.89. The molecule has 0 N–H and O–H groups in total. The average Bonchev–Trinajstić information content (AvgIpc) is 2.60. The van der Waals surface area contributed by atoms with E-state index in [1.165, 1.54) is 30.5 Å². The van der Waals surface area contributed by atoms with Crippen LogP contribution in [-0.4, -0.2) is 0 Å². The standard InChI is InChI=1S/C14H12N.ClH.Ti/c1-3-7-13-11(5-1)9-10-12-6-2-4-8-14(12)15-13;;/h1-8H,9-10H2;1H;/q-1;;+2/p-1. The Bertz CT molecular complexity index is 454. The molecule has 17 heavy (non-hydrogen) atoms. The van der Waals surface area contributed by atoms with Crippen molar-refractivity contribution in [1.29, 1.82) is 0 Å². The number of fused-ring (bicyclic) bond motifs is 2. The zero-order chi connectivity index (χ0) is 12.1. The van der Waals surface area contributed by atoms with Crippen LogP contribution in [0.15, 0.2) is 48.5 Å². The maximum absolute atomic E-state index is 4.70. The monoisotopic (exact) mass is 277 g/mol. The van der Waals surface area contributed by atoms with Gasteiger partial charge in [0.05, 0.1) is 0 Å². The molecule has 0 aromatic heterocycles. The van der Waals surface area contributed by atoms with Crippen molar-refractivity contribution in [2.24, 2.45) is 0 Å². The molecule has 0 aliphatic carbocycles. The maximum Gasteiger partial charge on any atom is -0.0251 e. The van der Waals surface area contributed by atoms with Gasteiger partial charge in [0.25, 0.3) is 0 Å². The third kappa shape index (κ3) is 2.92. The van der Waals surface area contributed by atoms with E-state index in [1.54, 1.807) is 0 Å². The molecule has 3 rings (SSSR count). The first kappa shape index (κ1) is 12.7. The van der Waals surface area contributed by atoms with E-state index in [1.807, 2.05) is 0 Å². The van der Waals surface area contributed by atoms with Crippen molar-refractivity contribution < 1.29 is 19.4 Å². The SMILES string of the molecule is [Cl][Ti+].c1ccc2c(c1)CCc1ccccc1[N-]2. The molecule has 3 heteroatoms. The molecule has 0 spiro atoms. The van der Waals surface area contributed by atoms with Crippen molar-refractivity contribution in [1.82, 2.24) is 0 Å². The summed E-state index contributed by atoms with van der Waals surface area (Å²) in [4.78, 5) is 0. The number of halogens is 1. The van der Waals surface area contributed by atoms with Crippen LogP contribution in [0.25, 0.3) is 5.32 Å². The fraction of sp³-hybridized carbons (Fsp3) is 0.143. The number of aryl methyl sites for hydroxylation is 2. The molecule has 0 unspecified atom stereocenters. The van der Waals surface area contributed by atoms with Crippen LogP contribution >= 0.6 is 9.30 Å². The Morgan fingerprint density at radius 2 is 1.18 bits per heavy atom. The van der Waals surface area contributed by atoms with Crippen molar-refractivity contribution in [3.63, 3.8) is 0 Å². The largest absolute Gasteiger partial charge is 0.657 e. The summed E-state index contributed by atoms with van der Waals surface area (Å²) in [5, 5.41) is 4.70. The predicted molar refractivity (Wildman–Crippen MR) is 68.8 cm³/mol. The van der Waals surface area contributed by atoms with Crippen LogP contribution in [0.5, 0.6) is 0 Å². The van der Waals surface area contributed by atoms with Gasteiger partial charge < -0.3 is 5.32 Å². The molecular weight excluding hydrogens is 265 g/mol. The second-order valence-corrected chi connectivity index (χ2v) is 3.87. The van der Waals surface area contributed by atoms with E-state index >= 15 is 0 Å². The summed E-state index contributed by atoms with van der Waals surface area (Å²) in [7, 11) is 4.64. The molecular formula is C14H12ClNTi. The van der Waals surface area contributed by atoms with E-state index < -0.39 is 0 Å². The number of hydrogen-bond donors (Lipinski definition) is 0. The molecule has 1 aliphatic heterocycles. The molecule has 2 aromatic rings. The molecule has 1 heterocycles. The minimum atomic E-state index is 1.09. The summed E-state index contributed by atoms with van der Waals surface area (Å²) in [6, 6.07) is 16.8. The number of benzene rings is 2. The first-order valence-electron chi connectivity index (χ1n) is 5.50. The van der Waals surface area contributed by atoms with Gasteiger partial charge in [-0.05, 0) is 12.8 Å². The van der Waals surface area contributed by atoms with Crippen molar-refractivity contribution in [2.75, 3.05) is 0 Å². The second-order valence-electron chi connectivity index (χ2n) is 3.87. The minimum Gasteiger partial charge on any atom is -0.657 e. The molecule has 0 fully saturated rings. The van der Waals surface area contributed by atoms with E-state index in [-0.39, 0.29) is 0 Å². The van der Waals surface area contributed by atoms with Gasteiger partial charge in [-0.1, -0.05) is 59.7 Å². The van der Waals surface area contributed by atoms with Gasteiger partial charge in [0, 0.05) is 0 Å². The van der Waals surface area contributed by atoms with Crippen molar-refractivity contribution >= 4 is 20.7 Å². The zero-order valence-electron chi connectivity index (χ0n) is 9.36. The van der Waals surface area contributed by atoms with Crippen LogP contribution in [-0.2, 0) is 32.2 Å². The smallest absolute Gasteiger partial charge is 0.0251 e. The van der Waals surface area contributed by atoms with E-state index in [4.69, 9.17) is 5.32 Å². The summed E-state index contributed by atoms with van der Waals surface area (Å²) in [5.74, 6) is 0. The quantitative estimate of drug-likeness (QED) is 0.614. The summed E-state index contributed by atoms with van der Waals surface area (Å²) >= 11 is 1.47. The Morgan fingerprint density at radius 1 is 0.765 bits per heavy atom. The summed E-state index contributed by atoms with van der Waals surface area (Å²) in [6.45, 7) is 0. The summed E-state index contributed by atoms with van der Waals surface area (Å²) < 4.78 is 0. The number of rotatable bonds is 0. The average molecular weight is 278 g/mol. The Hall–Kier alpha value is -0.756. The molecule has 1 aliphatic rings. The van der Waals surface area contributed by atoms with Crippen molar-refractivity contribution in [3.05, 3.63) is 65.0 Å². The summed E-state index contributed by atoms with van der Waals surface area (Å²) in [6.07, 6.45) is 2.19. The molecule has 84 valence electrons. The van der Waals surface area contributed by atoms with E-state index in [9.17, 15) is 0 Å². The molecule has 0 saturated heterocycles. The topological polar surface area (TPSA) is 14.1 Å². The zero-order valence-corrected chi connectivity index (χ0v) is 11.7. The molecule has 0 saturated carbocycles. The van der Waals surface area contributed by atoms with Gasteiger partial charge in [0.15, 0.2) is 0 Å². The van der Waals surface area contributed by atoms with Gasteiger partial charge in [-0.3, -0.25) is 0 Å². The Balaban J connectivity index is 0.000000514. The van der Waals surface area contributed by atoms with E-state index in [0.717, 1.165) is 24.2 Å². The van der Waals surface area contributed by atoms with Gasteiger partial charge in [-0.25, -0.2) is 0 Å². The first-order chi connectivity index (χ1) is 8.43. The van der Waals surface area contributed by atoms with Crippen LogP contribution in [0, 0.1) is 0 Å². The summed E-state index contributed by atoms with van der Waals surface area (Å²) in [5.41, 5.74) is 4.97. The molecule has 0 radical (unpaired) electrons. The Morgan fingerprint density at radius 3 is 1.65 bits per heavy atom. The number of hydrogen-bond acceptors (Lipinski definition) is 0.